The number of piperidine rings is 1. The Morgan fingerprint density at radius 3 is 3.10 bits per heavy atom. The van der Waals surface area contributed by atoms with Crippen molar-refractivity contribution in [2.24, 2.45) is 11.7 Å². The first-order chi connectivity index (χ1) is 9.65. The minimum absolute atomic E-state index is 0.164. The van der Waals surface area contributed by atoms with E-state index in [0.29, 0.717) is 12.5 Å². The molecule has 108 valence electrons. The zero-order chi connectivity index (χ0) is 14.5. The number of nitrogens with zero attached hydrogens (tertiary/aromatic N) is 1. The van der Waals surface area contributed by atoms with Gasteiger partial charge in [0.1, 0.15) is 0 Å². The Hall–Kier alpha value is -1.31. The molecule has 1 aromatic heterocycles. The van der Waals surface area contributed by atoms with Gasteiger partial charge < -0.3 is 10.6 Å². The second kappa shape index (κ2) is 6.92. The van der Waals surface area contributed by atoms with Crippen molar-refractivity contribution in [3.8, 4) is 11.8 Å². The molecule has 1 aliphatic rings. The molecule has 2 rings (SSSR count). The van der Waals surface area contributed by atoms with Gasteiger partial charge in [-0.15, -0.1) is 11.3 Å². The third-order valence-electron chi connectivity index (χ3n) is 3.82. The molecule has 2 N–H and O–H groups in total. The zero-order valence-electron chi connectivity index (χ0n) is 12.2. The molecule has 3 nitrogen and oxygen atoms in total. The quantitative estimate of drug-likeness (QED) is 0.851. The average molecular weight is 290 g/mol. The van der Waals surface area contributed by atoms with Crippen LogP contribution in [-0.2, 0) is 0 Å². The largest absolute Gasteiger partial charge is 0.338 e. The van der Waals surface area contributed by atoms with Crippen LogP contribution in [0.3, 0.4) is 0 Å². The van der Waals surface area contributed by atoms with E-state index in [-0.39, 0.29) is 5.91 Å². The maximum atomic E-state index is 12.6. The minimum Gasteiger partial charge on any atom is -0.338 e. The van der Waals surface area contributed by atoms with E-state index >= 15 is 0 Å². The van der Waals surface area contributed by atoms with Gasteiger partial charge in [0.05, 0.1) is 16.3 Å². The smallest absolute Gasteiger partial charge is 0.263 e. The number of aryl methyl sites for hydroxylation is 1. The minimum atomic E-state index is 0.164. The normalized spacial score (nSPS) is 18.6. The molecular formula is C16H22N2OS. The lowest BCUT2D eigenvalue weighted by atomic mass is 9.95. The number of amides is 1. The van der Waals surface area contributed by atoms with E-state index in [1.165, 1.54) is 17.8 Å². The number of carbonyl (C=O) groups excluding carboxylic acids is 1. The van der Waals surface area contributed by atoms with Crippen molar-refractivity contribution < 1.29 is 4.79 Å². The Balaban J connectivity index is 2.13. The Bertz CT molecular complexity index is 538. The fourth-order valence-electron chi connectivity index (χ4n) is 2.58. The first-order valence-corrected chi connectivity index (χ1v) is 8.06. The van der Waals surface area contributed by atoms with E-state index in [2.05, 4.69) is 18.8 Å². The summed E-state index contributed by atoms with van der Waals surface area (Å²) < 4.78 is 0. The van der Waals surface area contributed by atoms with Gasteiger partial charge >= 0.3 is 0 Å². The van der Waals surface area contributed by atoms with Crippen LogP contribution in [0.25, 0.3) is 0 Å². The summed E-state index contributed by atoms with van der Waals surface area (Å²) in [4.78, 5) is 16.3. The van der Waals surface area contributed by atoms with Gasteiger partial charge in [-0.3, -0.25) is 4.79 Å². The highest BCUT2D eigenvalue weighted by Crippen LogP contribution is 2.25. The summed E-state index contributed by atoms with van der Waals surface area (Å²) in [6, 6.07) is 1.96. The van der Waals surface area contributed by atoms with Gasteiger partial charge in [-0.1, -0.05) is 25.2 Å². The summed E-state index contributed by atoms with van der Waals surface area (Å²) in [7, 11) is 0. The third kappa shape index (κ3) is 3.41. The predicted molar refractivity (Wildman–Crippen MR) is 83.9 cm³/mol. The van der Waals surface area contributed by atoms with Crippen LogP contribution in [0.2, 0.25) is 0 Å². The molecule has 1 fully saturated rings. The topological polar surface area (TPSA) is 46.3 Å². The summed E-state index contributed by atoms with van der Waals surface area (Å²) in [5, 5.41) is 0. The highest BCUT2D eigenvalue weighted by atomic mass is 32.1. The SMILES string of the molecule is CCC1CCCN(C(=O)c2cc(C)c(C#CCN)s2)C1. The molecule has 0 saturated carbocycles. The Morgan fingerprint density at radius 2 is 2.40 bits per heavy atom. The molecule has 1 amide bonds. The van der Waals surface area contributed by atoms with E-state index in [1.807, 2.05) is 17.9 Å². The molecule has 0 bridgehead atoms. The van der Waals surface area contributed by atoms with Crippen LogP contribution < -0.4 is 5.73 Å². The summed E-state index contributed by atoms with van der Waals surface area (Å²) in [6.45, 7) is 6.34. The van der Waals surface area contributed by atoms with Crippen LogP contribution in [0.4, 0.5) is 0 Å². The number of hydrogen-bond donors (Lipinski definition) is 1. The molecule has 4 heteroatoms. The van der Waals surface area contributed by atoms with E-state index in [1.54, 1.807) is 0 Å². The van der Waals surface area contributed by atoms with Crippen LogP contribution in [0.15, 0.2) is 6.07 Å². The van der Waals surface area contributed by atoms with Gasteiger partial charge in [0, 0.05) is 13.1 Å². The van der Waals surface area contributed by atoms with Crippen LogP contribution in [0.5, 0.6) is 0 Å². The number of rotatable bonds is 2. The van der Waals surface area contributed by atoms with Gasteiger partial charge in [-0.05, 0) is 37.3 Å². The van der Waals surface area contributed by atoms with Crippen molar-refractivity contribution >= 4 is 17.2 Å². The molecule has 1 aliphatic heterocycles. The zero-order valence-corrected chi connectivity index (χ0v) is 13.1. The number of likely N-dealkylation sites (tertiary alicyclic amines) is 1. The van der Waals surface area contributed by atoms with E-state index < -0.39 is 0 Å². The molecule has 1 atom stereocenters. The molecule has 2 heterocycles. The maximum absolute atomic E-state index is 12.6. The van der Waals surface area contributed by atoms with E-state index in [9.17, 15) is 4.79 Å². The predicted octanol–water partition coefficient (Wildman–Crippen LogP) is 2.63. The maximum Gasteiger partial charge on any atom is 0.263 e. The fraction of sp³-hybridized carbons (Fsp3) is 0.562. The Kier molecular flexibility index (Phi) is 5.22. The first kappa shape index (κ1) is 15.1. The number of nitrogens with two attached hydrogens (primary N) is 1. The van der Waals surface area contributed by atoms with Crippen molar-refractivity contribution in [1.82, 2.24) is 4.90 Å². The molecule has 0 spiro atoms. The first-order valence-electron chi connectivity index (χ1n) is 7.24. The number of thiophene rings is 1. The van der Waals surface area contributed by atoms with Crippen LogP contribution in [-0.4, -0.2) is 30.4 Å². The van der Waals surface area contributed by atoms with Gasteiger partial charge in [0.15, 0.2) is 0 Å². The highest BCUT2D eigenvalue weighted by molar-refractivity contribution is 7.14. The number of hydrogen-bond acceptors (Lipinski definition) is 3. The van der Waals surface area contributed by atoms with Gasteiger partial charge in [-0.2, -0.15) is 0 Å². The Labute approximate surface area is 125 Å². The Morgan fingerprint density at radius 1 is 1.60 bits per heavy atom. The van der Waals surface area contributed by atoms with Crippen molar-refractivity contribution in [1.29, 1.82) is 0 Å². The molecule has 20 heavy (non-hydrogen) atoms. The fourth-order valence-corrected chi connectivity index (χ4v) is 3.60. The summed E-state index contributed by atoms with van der Waals surface area (Å²) in [6.07, 6.45) is 3.52. The molecule has 0 aliphatic carbocycles. The van der Waals surface area contributed by atoms with Crippen LogP contribution in [0, 0.1) is 24.7 Å². The molecule has 0 radical (unpaired) electrons. The van der Waals surface area contributed by atoms with Crippen molar-refractivity contribution in [2.45, 2.75) is 33.1 Å². The van der Waals surface area contributed by atoms with E-state index in [0.717, 1.165) is 41.2 Å². The molecule has 1 saturated heterocycles. The lowest BCUT2D eigenvalue weighted by Gasteiger charge is -2.32. The van der Waals surface area contributed by atoms with Gasteiger partial charge in [0.25, 0.3) is 5.91 Å². The standard InChI is InChI=1S/C16H22N2OS/c1-3-13-6-5-9-18(11-13)16(19)15-10-12(2)14(20-15)7-4-8-17/h10,13H,3,5-6,8-9,11,17H2,1-2H3. The number of carbonyl (C=O) groups is 1. The van der Waals surface area contributed by atoms with Crippen molar-refractivity contribution in [3.05, 3.63) is 21.4 Å². The molecule has 1 unspecified atom stereocenters. The second-order valence-corrected chi connectivity index (χ2v) is 6.35. The van der Waals surface area contributed by atoms with Crippen molar-refractivity contribution in [3.63, 3.8) is 0 Å². The monoisotopic (exact) mass is 290 g/mol. The highest BCUT2D eigenvalue weighted by Gasteiger charge is 2.24. The molecular weight excluding hydrogens is 268 g/mol. The van der Waals surface area contributed by atoms with Crippen LogP contribution in [0.1, 0.15) is 46.3 Å². The summed E-state index contributed by atoms with van der Waals surface area (Å²) in [5.74, 6) is 6.72. The lowest BCUT2D eigenvalue weighted by Crippen LogP contribution is -2.39. The van der Waals surface area contributed by atoms with Gasteiger partial charge in [-0.25, -0.2) is 0 Å². The third-order valence-corrected chi connectivity index (χ3v) is 4.96. The lowest BCUT2D eigenvalue weighted by molar-refractivity contribution is 0.0676. The summed E-state index contributed by atoms with van der Waals surface area (Å²) in [5.41, 5.74) is 6.47. The van der Waals surface area contributed by atoms with Crippen molar-refractivity contribution in [2.75, 3.05) is 19.6 Å². The van der Waals surface area contributed by atoms with E-state index in [4.69, 9.17) is 5.73 Å². The molecule has 0 aromatic carbocycles. The second-order valence-electron chi connectivity index (χ2n) is 5.30. The molecule has 1 aromatic rings. The summed E-state index contributed by atoms with van der Waals surface area (Å²) >= 11 is 1.49. The van der Waals surface area contributed by atoms with Crippen LogP contribution >= 0.6 is 11.3 Å². The van der Waals surface area contributed by atoms with Gasteiger partial charge in [0.2, 0.25) is 0 Å². The average Bonchev–Trinajstić information content (AvgIpc) is 2.85.